The molecule has 100 valence electrons. The maximum Gasteiger partial charge on any atom is 0.422 e. The average molecular weight is 273 g/mol. The fourth-order valence-electron chi connectivity index (χ4n) is 1.53. The molecular formula is C9H14F3NO3S. The Labute approximate surface area is 99.6 Å². The first-order valence-electron chi connectivity index (χ1n) is 5.11. The molecule has 2 atom stereocenters. The summed E-state index contributed by atoms with van der Waals surface area (Å²) in [4.78, 5) is 12.5. The summed E-state index contributed by atoms with van der Waals surface area (Å²) in [7, 11) is -1.02. The maximum atomic E-state index is 11.9. The Morgan fingerprint density at radius 1 is 1.53 bits per heavy atom. The topological polar surface area (TPSA) is 46.6 Å². The molecule has 8 heteroatoms. The second-order valence-electron chi connectivity index (χ2n) is 4.03. The summed E-state index contributed by atoms with van der Waals surface area (Å²) < 4.78 is 51.1. The van der Waals surface area contributed by atoms with E-state index in [1.807, 2.05) is 0 Å². The second-order valence-corrected chi connectivity index (χ2v) is 5.65. The van der Waals surface area contributed by atoms with Gasteiger partial charge in [0.25, 0.3) is 0 Å². The van der Waals surface area contributed by atoms with Crippen molar-refractivity contribution < 1.29 is 26.9 Å². The largest absolute Gasteiger partial charge is 0.440 e. The number of nitrogens with zero attached hydrogens (tertiary/aromatic N) is 1. The van der Waals surface area contributed by atoms with Crippen LogP contribution in [0.4, 0.5) is 18.0 Å². The van der Waals surface area contributed by atoms with Crippen molar-refractivity contribution >= 4 is 16.9 Å². The predicted octanol–water partition coefficient (Wildman–Crippen LogP) is 1.39. The van der Waals surface area contributed by atoms with Gasteiger partial charge in [-0.15, -0.1) is 0 Å². The molecule has 0 bridgehead atoms. The van der Waals surface area contributed by atoms with Crippen LogP contribution in [0.3, 0.4) is 0 Å². The fourth-order valence-corrected chi connectivity index (χ4v) is 2.86. The highest BCUT2D eigenvalue weighted by Crippen LogP contribution is 2.16. The van der Waals surface area contributed by atoms with E-state index in [1.54, 1.807) is 6.92 Å². The van der Waals surface area contributed by atoms with Crippen LogP contribution in [0.25, 0.3) is 0 Å². The number of halogens is 3. The lowest BCUT2D eigenvalue weighted by Crippen LogP contribution is -2.37. The Morgan fingerprint density at radius 3 is 2.76 bits per heavy atom. The van der Waals surface area contributed by atoms with Crippen molar-refractivity contribution in [1.29, 1.82) is 0 Å². The molecular weight excluding hydrogens is 259 g/mol. The van der Waals surface area contributed by atoms with Crippen LogP contribution in [0.15, 0.2) is 0 Å². The van der Waals surface area contributed by atoms with E-state index in [0.29, 0.717) is 5.75 Å². The van der Waals surface area contributed by atoms with Crippen molar-refractivity contribution in [2.24, 2.45) is 5.92 Å². The molecule has 0 aromatic heterocycles. The van der Waals surface area contributed by atoms with Crippen LogP contribution in [0.2, 0.25) is 0 Å². The van der Waals surface area contributed by atoms with Gasteiger partial charge in [-0.25, -0.2) is 4.79 Å². The molecule has 17 heavy (non-hydrogen) atoms. The van der Waals surface area contributed by atoms with Gasteiger partial charge >= 0.3 is 12.3 Å². The van der Waals surface area contributed by atoms with Crippen molar-refractivity contribution in [2.45, 2.75) is 13.1 Å². The molecule has 1 heterocycles. The summed E-state index contributed by atoms with van der Waals surface area (Å²) in [6, 6.07) is 0. The number of alkyl halides is 3. The van der Waals surface area contributed by atoms with Gasteiger partial charge in [0.1, 0.15) is 0 Å². The zero-order valence-corrected chi connectivity index (χ0v) is 10.1. The van der Waals surface area contributed by atoms with Gasteiger partial charge in [0.05, 0.1) is 0 Å². The van der Waals surface area contributed by atoms with E-state index in [4.69, 9.17) is 0 Å². The molecule has 0 aromatic carbocycles. The van der Waals surface area contributed by atoms with Gasteiger partial charge in [-0.3, -0.25) is 4.21 Å². The summed E-state index contributed by atoms with van der Waals surface area (Å²) in [6.45, 7) is 0.670. The van der Waals surface area contributed by atoms with Crippen LogP contribution >= 0.6 is 0 Å². The summed E-state index contributed by atoms with van der Waals surface area (Å²) >= 11 is 0. The normalized spacial score (nSPS) is 26.5. The van der Waals surface area contributed by atoms with Crippen LogP contribution in [0, 0.1) is 5.92 Å². The van der Waals surface area contributed by atoms with Gasteiger partial charge in [-0.1, -0.05) is 6.92 Å². The van der Waals surface area contributed by atoms with Crippen molar-refractivity contribution in [3.63, 3.8) is 0 Å². The summed E-state index contributed by atoms with van der Waals surface area (Å²) in [5.41, 5.74) is 0. The van der Waals surface area contributed by atoms with Crippen LogP contribution in [0.1, 0.15) is 6.92 Å². The van der Waals surface area contributed by atoms with Gasteiger partial charge in [-0.05, 0) is 5.92 Å². The van der Waals surface area contributed by atoms with Gasteiger partial charge in [0.15, 0.2) is 6.61 Å². The second kappa shape index (κ2) is 5.70. The molecule has 1 aliphatic rings. The van der Waals surface area contributed by atoms with E-state index in [9.17, 15) is 22.2 Å². The van der Waals surface area contributed by atoms with Crippen LogP contribution < -0.4 is 0 Å². The number of ether oxygens (including phenoxy) is 1. The zero-order chi connectivity index (χ0) is 13.1. The molecule has 1 saturated heterocycles. The Balaban J connectivity index is 2.48. The van der Waals surface area contributed by atoms with Crippen LogP contribution in [0.5, 0.6) is 0 Å². The minimum absolute atomic E-state index is 0.00299. The number of rotatable bonds is 1. The van der Waals surface area contributed by atoms with Crippen molar-refractivity contribution in [3.05, 3.63) is 0 Å². The average Bonchev–Trinajstić information content (AvgIpc) is 2.35. The minimum Gasteiger partial charge on any atom is -0.440 e. The molecule has 0 spiro atoms. The quantitative estimate of drug-likeness (QED) is 0.725. The van der Waals surface area contributed by atoms with Gasteiger partial charge in [0, 0.05) is 35.4 Å². The minimum atomic E-state index is -4.52. The van der Waals surface area contributed by atoms with E-state index < -0.39 is 29.7 Å². The molecule has 0 aromatic rings. The van der Waals surface area contributed by atoms with Crippen molar-refractivity contribution in [2.75, 3.05) is 31.2 Å². The third kappa shape index (κ3) is 5.38. The smallest absolute Gasteiger partial charge is 0.422 e. The first-order chi connectivity index (χ1) is 7.78. The Bertz CT molecular complexity index is 308. The highest BCUT2D eigenvalue weighted by molar-refractivity contribution is 7.85. The predicted molar refractivity (Wildman–Crippen MR) is 56.0 cm³/mol. The van der Waals surface area contributed by atoms with Gasteiger partial charge in [0.2, 0.25) is 0 Å². The zero-order valence-electron chi connectivity index (χ0n) is 9.33. The molecule has 2 unspecified atom stereocenters. The van der Waals surface area contributed by atoms with Crippen LogP contribution in [-0.4, -0.2) is 52.6 Å². The third-order valence-electron chi connectivity index (χ3n) is 2.21. The Hall–Kier alpha value is -0.790. The lowest BCUT2D eigenvalue weighted by atomic mass is 10.2. The number of carbonyl (C=O) groups is 1. The third-order valence-corrected chi connectivity index (χ3v) is 3.79. The first kappa shape index (κ1) is 14.3. The molecule has 0 radical (unpaired) electrons. The Morgan fingerprint density at radius 2 is 2.18 bits per heavy atom. The highest BCUT2D eigenvalue weighted by atomic mass is 32.2. The number of carbonyl (C=O) groups excluding carboxylic acids is 1. The maximum absolute atomic E-state index is 11.9. The number of hydrogen-bond donors (Lipinski definition) is 0. The summed E-state index contributed by atoms with van der Waals surface area (Å²) in [5.74, 6) is 0.742. The molecule has 4 nitrogen and oxygen atoms in total. The molecule has 1 rings (SSSR count). The van der Waals surface area contributed by atoms with Gasteiger partial charge < -0.3 is 9.64 Å². The van der Waals surface area contributed by atoms with Crippen LogP contribution in [-0.2, 0) is 15.5 Å². The standard InChI is InChI=1S/C9H14F3NO3S/c1-7-4-13(2-3-17(15)5-7)8(14)16-6-9(10,11)12/h7H,2-6H2,1H3. The lowest BCUT2D eigenvalue weighted by molar-refractivity contribution is -0.162. The lowest BCUT2D eigenvalue weighted by Gasteiger charge is -2.21. The molecule has 0 N–H and O–H groups in total. The monoisotopic (exact) mass is 273 g/mol. The highest BCUT2D eigenvalue weighted by Gasteiger charge is 2.31. The SMILES string of the molecule is CC1CN(C(=O)OCC(F)(F)F)CCS(=O)C1. The Kier molecular flexibility index (Phi) is 4.79. The molecule has 1 aliphatic heterocycles. The van der Waals surface area contributed by atoms with Crippen molar-refractivity contribution in [3.8, 4) is 0 Å². The molecule has 0 saturated carbocycles. The molecule has 1 fully saturated rings. The van der Waals surface area contributed by atoms with E-state index in [-0.39, 0.29) is 24.8 Å². The number of hydrogen-bond acceptors (Lipinski definition) is 3. The van der Waals surface area contributed by atoms with E-state index >= 15 is 0 Å². The summed E-state index contributed by atoms with van der Waals surface area (Å²) in [5, 5.41) is 0. The molecule has 1 amide bonds. The van der Waals surface area contributed by atoms with Gasteiger partial charge in [-0.2, -0.15) is 13.2 Å². The van der Waals surface area contributed by atoms with Crippen molar-refractivity contribution in [1.82, 2.24) is 4.90 Å². The summed E-state index contributed by atoms with van der Waals surface area (Å²) in [6.07, 6.45) is -5.51. The fraction of sp³-hybridized carbons (Fsp3) is 0.889. The van der Waals surface area contributed by atoms with E-state index in [2.05, 4.69) is 4.74 Å². The van der Waals surface area contributed by atoms with E-state index in [0.717, 1.165) is 0 Å². The number of amides is 1. The molecule has 0 aliphatic carbocycles. The van der Waals surface area contributed by atoms with E-state index in [1.165, 1.54) is 4.90 Å². The first-order valence-corrected chi connectivity index (χ1v) is 6.60.